The van der Waals surface area contributed by atoms with E-state index >= 15 is 0 Å². The number of carbonyl (C=O) groups excluding carboxylic acids is 1. The van der Waals surface area contributed by atoms with Crippen LogP contribution in [0.3, 0.4) is 0 Å². The Bertz CT molecular complexity index is 547. The van der Waals surface area contributed by atoms with Crippen LogP contribution in [0.1, 0.15) is 27.2 Å². The fraction of sp³-hybridized carbons (Fsp3) is 0.643. The van der Waals surface area contributed by atoms with Crippen molar-refractivity contribution in [1.29, 1.82) is 0 Å². The normalized spacial score (nSPS) is 18.2. The molecule has 1 aromatic rings. The predicted molar refractivity (Wildman–Crippen MR) is 78.4 cm³/mol. The van der Waals surface area contributed by atoms with Crippen LogP contribution in [0, 0.1) is 5.82 Å². The minimum Gasteiger partial charge on any atom is -0.479 e. The van der Waals surface area contributed by atoms with Gasteiger partial charge in [-0.1, -0.05) is 0 Å². The van der Waals surface area contributed by atoms with E-state index < -0.39 is 11.4 Å². The molecule has 1 N–H and O–H groups in total. The van der Waals surface area contributed by atoms with Gasteiger partial charge in [-0.2, -0.15) is 9.37 Å². The Morgan fingerprint density at radius 3 is 2.86 bits per heavy atom. The number of halogens is 1. The van der Waals surface area contributed by atoms with Crippen molar-refractivity contribution in [2.75, 3.05) is 25.5 Å². The Morgan fingerprint density at radius 1 is 1.50 bits per heavy atom. The van der Waals surface area contributed by atoms with Crippen molar-refractivity contribution >= 4 is 12.0 Å². The number of aromatic nitrogens is 2. The summed E-state index contributed by atoms with van der Waals surface area (Å²) in [6.45, 7) is 6.56. The lowest BCUT2D eigenvalue weighted by molar-refractivity contribution is 0.0293. The zero-order valence-electron chi connectivity index (χ0n) is 13.2. The Kier molecular flexibility index (Phi) is 4.68. The first-order valence-electron chi connectivity index (χ1n) is 7.09. The van der Waals surface area contributed by atoms with Gasteiger partial charge in [0.05, 0.1) is 13.3 Å². The number of anilines is 1. The average Bonchev–Trinajstić information content (AvgIpc) is 2.87. The molecule has 8 heteroatoms. The van der Waals surface area contributed by atoms with Gasteiger partial charge in [0.1, 0.15) is 5.60 Å². The van der Waals surface area contributed by atoms with Gasteiger partial charge in [-0.25, -0.2) is 9.78 Å². The van der Waals surface area contributed by atoms with Crippen molar-refractivity contribution in [3.05, 3.63) is 12.0 Å². The van der Waals surface area contributed by atoms with Gasteiger partial charge >= 0.3 is 6.09 Å². The van der Waals surface area contributed by atoms with Gasteiger partial charge in [0.25, 0.3) is 5.88 Å². The molecule has 1 aromatic heterocycles. The zero-order chi connectivity index (χ0) is 16.3. The highest BCUT2D eigenvalue weighted by molar-refractivity contribution is 5.68. The summed E-state index contributed by atoms with van der Waals surface area (Å²) in [5, 5.41) is 3.07. The lowest BCUT2D eigenvalue weighted by Gasteiger charge is -2.24. The molecule has 0 saturated carbocycles. The van der Waals surface area contributed by atoms with E-state index in [4.69, 9.17) is 9.47 Å². The predicted octanol–water partition coefficient (Wildman–Crippen LogP) is 2.05. The summed E-state index contributed by atoms with van der Waals surface area (Å²) in [6, 6.07) is -0.0114. The molecular formula is C14H21FN4O3. The molecule has 1 amide bonds. The van der Waals surface area contributed by atoms with Crippen LogP contribution >= 0.6 is 0 Å². The molecule has 0 radical (unpaired) electrons. The molecular weight excluding hydrogens is 291 g/mol. The number of hydrogen-bond acceptors (Lipinski definition) is 6. The van der Waals surface area contributed by atoms with Crippen molar-refractivity contribution in [1.82, 2.24) is 14.9 Å². The Balaban J connectivity index is 1.92. The largest absolute Gasteiger partial charge is 0.479 e. The van der Waals surface area contributed by atoms with Crippen LogP contribution in [0.4, 0.5) is 15.1 Å². The molecule has 1 aliphatic rings. The Labute approximate surface area is 128 Å². The third-order valence-electron chi connectivity index (χ3n) is 3.08. The fourth-order valence-electron chi connectivity index (χ4n) is 2.12. The van der Waals surface area contributed by atoms with Gasteiger partial charge < -0.3 is 19.7 Å². The lowest BCUT2D eigenvalue weighted by atomic mass is 10.2. The van der Waals surface area contributed by atoms with E-state index in [1.807, 2.05) is 20.8 Å². The molecule has 1 aliphatic heterocycles. The molecule has 0 bridgehead atoms. The van der Waals surface area contributed by atoms with E-state index in [-0.39, 0.29) is 24.0 Å². The molecule has 0 aromatic carbocycles. The van der Waals surface area contributed by atoms with Gasteiger partial charge in [-0.05, 0) is 27.2 Å². The van der Waals surface area contributed by atoms with Crippen LogP contribution in [0.15, 0.2) is 6.20 Å². The number of methoxy groups -OCH3 is 1. The summed E-state index contributed by atoms with van der Waals surface area (Å²) in [7, 11) is 1.34. The van der Waals surface area contributed by atoms with Crippen molar-refractivity contribution in [3.8, 4) is 5.88 Å². The van der Waals surface area contributed by atoms with Crippen molar-refractivity contribution in [2.45, 2.75) is 38.8 Å². The summed E-state index contributed by atoms with van der Waals surface area (Å²) in [4.78, 5) is 21.4. The van der Waals surface area contributed by atoms with Gasteiger partial charge in [0, 0.05) is 19.1 Å². The van der Waals surface area contributed by atoms with Crippen molar-refractivity contribution in [2.24, 2.45) is 0 Å². The molecule has 2 heterocycles. The van der Waals surface area contributed by atoms with E-state index in [2.05, 4.69) is 15.3 Å². The summed E-state index contributed by atoms with van der Waals surface area (Å²) in [6.07, 6.45) is 1.45. The smallest absolute Gasteiger partial charge is 0.410 e. The summed E-state index contributed by atoms with van der Waals surface area (Å²) >= 11 is 0. The molecule has 122 valence electrons. The maximum atomic E-state index is 13.3. The summed E-state index contributed by atoms with van der Waals surface area (Å²) < 4.78 is 23.4. The number of rotatable bonds is 3. The number of nitrogens with zero attached hydrogens (tertiary/aromatic N) is 3. The van der Waals surface area contributed by atoms with Crippen LogP contribution in [0.2, 0.25) is 0 Å². The number of nitrogens with one attached hydrogen (secondary N) is 1. The highest BCUT2D eigenvalue weighted by atomic mass is 19.1. The average molecular weight is 312 g/mol. The lowest BCUT2D eigenvalue weighted by Crippen LogP contribution is -2.36. The molecule has 1 fully saturated rings. The molecule has 1 unspecified atom stereocenters. The summed E-state index contributed by atoms with van der Waals surface area (Å²) in [5.41, 5.74) is -0.518. The first kappa shape index (κ1) is 16.3. The van der Waals surface area contributed by atoms with E-state index in [0.29, 0.717) is 13.1 Å². The van der Waals surface area contributed by atoms with Crippen molar-refractivity contribution in [3.63, 3.8) is 0 Å². The van der Waals surface area contributed by atoms with E-state index in [1.54, 1.807) is 4.90 Å². The van der Waals surface area contributed by atoms with Crippen molar-refractivity contribution < 1.29 is 18.7 Å². The maximum Gasteiger partial charge on any atom is 0.410 e. The molecule has 0 spiro atoms. The first-order chi connectivity index (χ1) is 10.3. The summed E-state index contributed by atoms with van der Waals surface area (Å²) in [5.74, 6) is -0.455. The highest BCUT2D eigenvalue weighted by Crippen LogP contribution is 2.19. The molecule has 2 rings (SSSR count). The second kappa shape index (κ2) is 6.33. The third-order valence-corrected chi connectivity index (χ3v) is 3.08. The second-order valence-electron chi connectivity index (χ2n) is 6.11. The van der Waals surface area contributed by atoms with Gasteiger partial charge in [0.15, 0.2) is 0 Å². The molecule has 1 saturated heterocycles. The number of ether oxygens (including phenoxy) is 2. The number of hydrogen-bond donors (Lipinski definition) is 1. The first-order valence-corrected chi connectivity index (χ1v) is 7.09. The fourth-order valence-corrected chi connectivity index (χ4v) is 2.12. The third kappa shape index (κ3) is 4.19. The zero-order valence-corrected chi connectivity index (χ0v) is 13.2. The minimum absolute atomic E-state index is 0.0114. The second-order valence-corrected chi connectivity index (χ2v) is 6.11. The number of amides is 1. The standard InChI is InChI=1S/C14H21FN4O3/c1-14(2,3)22-13(20)19-6-5-9(8-19)17-12-16-7-10(15)11(18-12)21-4/h7,9H,5-6,8H2,1-4H3,(H,16,17,18). The molecule has 7 nitrogen and oxygen atoms in total. The highest BCUT2D eigenvalue weighted by Gasteiger charge is 2.30. The number of carbonyl (C=O) groups is 1. The van der Waals surface area contributed by atoms with Crippen LogP contribution in [-0.2, 0) is 4.74 Å². The minimum atomic E-state index is -0.616. The van der Waals surface area contributed by atoms with Crippen LogP contribution < -0.4 is 10.1 Å². The van der Waals surface area contributed by atoms with E-state index in [0.717, 1.165) is 12.6 Å². The Morgan fingerprint density at radius 2 is 2.23 bits per heavy atom. The molecule has 0 aliphatic carbocycles. The van der Waals surface area contributed by atoms with Crippen LogP contribution in [-0.4, -0.2) is 52.8 Å². The molecule has 22 heavy (non-hydrogen) atoms. The monoisotopic (exact) mass is 312 g/mol. The van der Waals surface area contributed by atoms with Crippen LogP contribution in [0.5, 0.6) is 5.88 Å². The maximum absolute atomic E-state index is 13.3. The SMILES string of the molecule is COc1nc(NC2CCN(C(=O)OC(C)(C)C)C2)ncc1F. The van der Waals surface area contributed by atoms with Gasteiger partial charge in [0.2, 0.25) is 11.8 Å². The van der Waals surface area contributed by atoms with Gasteiger partial charge in [-0.15, -0.1) is 0 Å². The van der Waals surface area contributed by atoms with Gasteiger partial charge in [-0.3, -0.25) is 0 Å². The quantitative estimate of drug-likeness (QED) is 0.920. The van der Waals surface area contributed by atoms with Crippen LogP contribution in [0.25, 0.3) is 0 Å². The topological polar surface area (TPSA) is 76.6 Å². The van der Waals surface area contributed by atoms with E-state index in [9.17, 15) is 9.18 Å². The molecule has 1 atom stereocenters. The van der Waals surface area contributed by atoms with E-state index in [1.165, 1.54) is 7.11 Å². The Hall–Kier alpha value is -2.12. The number of likely N-dealkylation sites (tertiary alicyclic amines) is 1.